The van der Waals surface area contributed by atoms with Gasteiger partial charge in [0.1, 0.15) is 11.8 Å². The maximum Gasteiger partial charge on any atom is 0.387 e. The standard InChI is InChI=1S/C23H22Cl2F2N2O4/c24-16-10-28-11-17(25)15(16)9-20(32-22(30)18-2-1-7-29-18)14-5-6-19(33-23(26)27)21(8-14)31-12-13-3-4-13/h5-6,8,10-11,13,20,23H,1-4,7,9,12H2/t20-/m1/s1. The summed E-state index contributed by atoms with van der Waals surface area (Å²) in [6.07, 6.45) is 5.63. The molecule has 0 amide bonds. The lowest BCUT2D eigenvalue weighted by atomic mass is 10.0. The number of aromatic nitrogens is 1. The third-order valence-electron chi connectivity index (χ3n) is 5.43. The predicted octanol–water partition coefficient (Wildman–Crippen LogP) is 5.84. The second-order valence-electron chi connectivity index (χ2n) is 7.95. The summed E-state index contributed by atoms with van der Waals surface area (Å²) in [6.45, 7) is -2.02. The van der Waals surface area contributed by atoms with E-state index in [0.717, 1.165) is 19.3 Å². The van der Waals surface area contributed by atoms with Crippen molar-refractivity contribution in [2.75, 3.05) is 13.2 Å². The molecule has 1 saturated carbocycles. The number of ether oxygens (including phenoxy) is 3. The van der Waals surface area contributed by atoms with Gasteiger partial charge in [-0.1, -0.05) is 29.3 Å². The van der Waals surface area contributed by atoms with Crippen molar-refractivity contribution in [3.8, 4) is 11.5 Å². The Kier molecular flexibility index (Phi) is 7.65. The summed E-state index contributed by atoms with van der Waals surface area (Å²) < 4.78 is 42.0. The molecule has 0 saturated heterocycles. The van der Waals surface area contributed by atoms with Crippen molar-refractivity contribution in [2.24, 2.45) is 10.9 Å². The van der Waals surface area contributed by atoms with Crippen LogP contribution in [0, 0.1) is 5.92 Å². The molecule has 2 aliphatic rings. The van der Waals surface area contributed by atoms with Crippen molar-refractivity contribution in [1.29, 1.82) is 0 Å². The predicted molar refractivity (Wildman–Crippen MR) is 120 cm³/mol. The van der Waals surface area contributed by atoms with Gasteiger partial charge in [-0.15, -0.1) is 0 Å². The van der Waals surface area contributed by atoms with Crippen molar-refractivity contribution in [1.82, 2.24) is 4.98 Å². The van der Waals surface area contributed by atoms with E-state index in [4.69, 9.17) is 32.7 Å². The number of rotatable bonds is 10. The Morgan fingerprint density at radius 3 is 2.55 bits per heavy atom. The Morgan fingerprint density at radius 2 is 1.91 bits per heavy atom. The molecule has 0 bridgehead atoms. The van der Waals surface area contributed by atoms with Gasteiger partial charge in [0.25, 0.3) is 0 Å². The fraction of sp³-hybridized carbons (Fsp3) is 0.435. The van der Waals surface area contributed by atoms with E-state index < -0.39 is 18.7 Å². The zero-order valence-electron chi connectivity index (χ0n) is 17.6. The number of carbonyl (C=O) groups excluding carboxylic acids is 1. The van der Waals surface area contributed by atoms with E-state index in [0.29, 0.717) is 52.4 Å². The molecule has 1 aliphatic heterocycles. The van der Waals surface area contributed by atoms with E-state index in [2.05, 4.69) is 14.7 Å². The number of pyridine rings is 1. The highest BCUT2D eigenvalue weighted by Gasteiger charge is 2.27. The topological polar surface area (TPSA) is 70.0 Å². The first-order valence-electron chi connectivity index (χ1n) is 10.6. The first kappa shape index (κ1) is 23.7. The van der Waals surface area contributed by atoms with Gasteiger partial charge in [0.15, 0.2) is 11.5 Å². The second kappa shape index (κ2) is 10.7. The number of hydrogen-bond acceptors (Lipinski definition) is 6. The molecule has 33 heavy (non-hydrogen) atoms. The molecule has 2 heterocycles. The molecular weight excluding hydrogens is 477 g/mol. The van der Waals surface area contributed by atoms with Crippen molar-refractivity contribution >= 4 is 34.9 Å². The number of alkyl halides is 2. The van der Waals surface area contributed by atoms with Gasteiger partial charge in [-0.25, -0.2) is 4.79 Å². The van der Waals surface area contributed by atoms with Gasteiger partial charge >= 0.3 is 12.6 Å². The van der Waals surface area contributed by atoms with Crippen LogP contribution in [0.3, 0.4) is 0 Å². The van der Waals surface area contributed by atoms with Crippen molar-refractivity contribution in [3.63, 3.8) is 0 Å². The Bertz CT molecular complexity index is 1030. The summed E-state index contributed by atoms with van der Waals surface area (Å²) in [7, 11) is 0. The van der Waals surface area contributed by atoms with E-state index in [1.807, 2.05) is 0 Å². The summed E-state index contributed by atoms with van der Waals surface area (Å²) in [6, 6.07) is 4.49. The molecule has 0 spiro atoms. The minimum absolute atomic E-state index is 0.0837. The van der Waals surface area contributed by atoms with Crippen LogP contribution in [-0.2, 0) is 16.0 Å². The molecule has 0 N–H and O–H groups in total. The lowest BCUT2D eigenvalue weighted by Crippen LogP contribution is -2.20. The first-order valence-corrected chi connectivity index (χ1v) is 11.4. The van der Waals surface area contributed by atoms with Crippen LogP contribution in [0.5, 0.6) is 11.5 Å². The van der Waals surface area contributed by atoms with Crippen LogP contribution in [-0.4, -0.2) is 36.4 Å². The van der Waals surface area contributed by atoms with Crippen LogP contribution in [0.25, 0.3) is 0 Å². The Balaban J connectivity index is 1.65. The van der Waals surface area contributed by atoms with Gasteiger partial charge < -0.3 is 14.2 Å². The van der Waals surface area contributed by atoms with Crippen LogP contribution >= 0.6 is 23.2 Å². The zero-order valence-corrected chi connectivity index (χ0v) is 19.1. The van der Waals surface area contributed by atoms with E-state index >= 15 is 0 Å². The fourth-order valence-electron chi connectivity index (χ4n) is 3.47. The van der Waals surface area contributed by atoms with Gasteiger partial charge in [0, 0.05) is 25.4 Å². The number of halogens is 4. The normalized spacial score (nSPS) is 16.5. The average Bonchev–Trinajstić information content (AvgIpc) is 3.44. The third-order valence-corrected chi connectivity index (χ3v) is 6.08. The smallest absolute Gasteiger partial charge is 0.387 e. The summed E-state index contributed by atoms with van der Waals surface area (Å²) in [5.41, 5.74) is 1.45. The molecule has 1 aromatic heterocycles. The molecule has 2 aromatic rings. The van der Waals surface area contributed by atoms with Gasteiger partial charge in [-0.2, -0.15) is 8.78 Å². The lowest BCUT2D eigenvalue weighted by molar-refractivity contribution is -0.141. The van der Waals surface area contributed by atoms with Gasteiger partial charge in [0.2, 0.25) is 0 Å². The largest absolute Gasteiger partial charge is 0.489 e. The van der Waals surface area contributed by atoms with Crippen molar-refractivity contribution in [3.05, 3.63) is 51.8 Å². The molecule has 176 valence electrons. The molecule has 6 nitrogen and oxygen atoms in total. The maximum absolute atomic E-state index is 12.9. The summed E-state index contributed by atoms with van der Waals surface area (Å²) in [5, 5.41) is 0.647. The number of benzene rings is 1. The van der Waals surface area contributed by atoms with E-state index in [1.54, 1.807) is 12.1 Å². The minimum Gasteiger partial charge on any atom is -0.489 e. The highest BCUT2D eigenvalue weighted by Crippen LogP contribution is 2.38. The van der Waals surface area contributed by atoms with Gasteiger partial charge in [-0.05, 0) is 54.9 Å². The highest BCUT2D eigenvalue weighted by molar-refractivity contribution is 6.37. The number of carbonyl (C=O) groups is 1. The highest BCUT2D eigenvalue weighted by atomic mass is 35.5. The van der Waals surface area contributed by atoms with E-state index in [9.17, 15) is 13.6 Å². The van der Waals surface area contributed by atoms with Crippen molar-refractivity contribution < 1.29 is 27.8 Å². The molecule has 0 radical (unpaired) electrons. The van der Waals surface area contributed by atoms with Crippen LogP contribution < -0.4 is 9.47 Å². The number of esters is 1. The van der Waals surface area contributed by atoms with Crippen molar-refractivity contribution in [2.45, 2.75) is 44.8 Å². The fourth-order valence-corrected chi connectivity index (χ4v) is 3.99. The summed E-state index contributed by atoms with van der Waals surface area (Å²) >= 11 is 12.6. The lowest BCUT2D eigenvalue weighted by Gasteiger charge is -2.21. The molecule has 1 aliphatic carbocycles. The molecule has 1 atom stereocenters. The van der Waals surface area contributed by atoms with E-state index in [-0.39, 0.29) is 17.9 Å². The zero-order chi connectivity index (χ0) is 23.4. The third kappa shape index (κ3) is 6.32. The number of aliphatic imine (C=N–C) groups is 1. The number of nitrogens with zero attached hydrogens (tertiary/aromatic N) is 2. The minimum atomic E-state index is -3.00. The quantitative estimate of drug-likeness (QED) is 0.384. The Hall–Kier alpha value is -2.45. The van der Waals surface area contributed by atoms with E-state index in [1.165, 1.54) is 18.5 Å². The molecule has 0 unspecified atom stereocenters. The summed E-state index contributed by atoms with van der Waals surface area (Å²) in [4.78, 5) is 20.9. The second-order valence-corrected chi connectivity index (χ2v) is 8.77. The molecular formula is C23H22Cl2F2N2O4. The van der Waals surface area contributed by atoms with Crippen LogP contribution in [0.2, 0.25) is 10.0 Å². The molecule has 1 aromatic carbocycles. The van der Waals surface area contributed by atoms with Gasteiger partial charge in [-0.3, -0.25) is 9.98 Å². The Morgan fingerprint density at radius 1 is 1.15 bits per heavy atom. The van der Waals surface area contributed by atoms with Gasteiger partial charge in [0.05, 0.1) is 16.7 Å². The molecule has 10 heteroatoms. The average molecular weight is 499 g/mol. The molecule has 4 rings (SSSR count). The monoisotopic (exact) mass is 498 g/mol. The van der Waals surface area contributed by atoms with Crippen LogP contribution in [0.4, 0.5) is 8.78 Å². The van der Waals surface area contributed by atoms with Crippen LogP contribution in [0.15, 0.2) is 35.6 Å². The maximum atomic E-state index is 12.9. The number of hydrogen-bond donors (Lipinski definition) is 0. The Labute approximate surface area is 199 Å². The molecule has 1 fully saturated rings. The summed E-state index contributed by atoms with van der Waals surface area (Å²) in [5.74, 6) is -0.0610. The first-order chi connectivity index (χ1) is 15.9. The van der Waals surface area contributed by atoms with Crippen LogP contribution in [0.1, 0.15) is 42.9 Å². The SMILES string of the molecule is O=C(O[C@H](Cc1c(Cl)cncc1Cl)c1ccc(OC(F)F)c(OCC2CC2)c1)C1=NCCC1.